The summed E-state index contributed by atoms with van der Waals surface area (Å²) in [6.07, 6.45) is 0.217. The van der Waals surface area contributed by atoms with Crippen LogP contribution in [0.3, 0.4) is 0 Å². The molecular formula is C13H19NO4S. The van der Waals surface area contributed by atoms with Gasteiger partial charge in [0.25, 0.3) is 0 Å². The molecule has 0 fully saturated rings. The van der Waals surface area contributed by atoms with E-state index in [4.69, 9.17) is 5.11 Å². The van der Waals surface area contributed by atoms with E-state index in [9.17, 15) is 13.2 Å². The van der Waals surface area contributed by atoms with Gasteiger partial charge in [0.05, 0.1) is 5.75 Å². The predicted molar refractivity (Wildman–Crippen MR) is 73.5 cm³/mol. The lowest BCUT2D eigenvalue weighted by molar-refractivity contribution is -0.139. The first-order chi connectivity index (χ1) is 8.85. The van der Waals surface area contributed by atoms with Gasteiger partial charge in [-0.3, -0.25) is 4.79 Å². The van der Waals surface area contributed by atoms with Crippen molar-refractivity contribution in [2.75, 3.05) is 5.75 Å². The minimum atomic E-state index is -3.62. The zero-order valence-electron chi connectivity index (χ0n) is 11.0. The zero-order chi connectivity index (χ0) is 14.5. The van der Waals surface area contributed by atoms with Gasteiger partial charge in [-0.2, -0.15) is 0 Å². The molecule has 0 saturated heterocycles. The Labute approximate surface area is 113 Å². The largest absolute Gasteiger partial charge is 0.480 e. The molecule has 0 bridgehead atoms. The van der Waals surface area contributed by atoms with Gasteiger partial charge in [0.15, 0.2) is 0 Å². The van der Waals surface area contributed by atoms with Gasteiger partial charge in [0.2, 0.25) is 10.0 Å². The van der Waals surface area contributed by atoms with Crippen LogP contribution in [0.4, 0.5) is 0 Å². The van der Waals surface area contributed by atoms with Crippen molar-refractivity contribution in [2.24, 2.45) is 0 Å². The first kappa shape index (κ1) is 15.7. The van der Waals surface area contributed by atoms with Crippen molar-refractivity contribution in [1.82, 2.24) is 4.72 Å². The minimum absolute atomic E-state index is 0.124. The van der Waals surface area contributed by atoms with Gasteiger partial charge in [0, 0.05) is 0 Å². The van der Waals surface area contributed by atoms with Gasteiger partial charge < -0.3 is 5.11 Å². The summed E-state index contributed by atoms with van der Waals surface area (Å²) < 4.78 is 26.0. The second-order valence-electron chi connectivity index (χ2n) is 4.51. The van der Waals surface area contributed by atoms with Gasteiger partial charge in [0.1, 0.15) is 6.04 Å². The van der Waals surface area contributed by atoms with Crippen LogP contribution in [0.15, 0.2) is 30.3 Å². The first-order valence-electron chi connectivity index (χ1n) is 6.13. The lowest BCUT2D eigenvalue weighted by Crippen LogP contribution is -2.42. The number of sulfonamides is 1. The molecule has 19 heavy (non-hydrogen) atoms. The molecule has 106 valence electrons. The highest BCUT2D eigenvalue weighted by Gasteiger charge is 2.24. The number of rotatable bonds is 7. The summed E-state index contributed by atoms with van der Waals surface area (Å²) in [5, 5.41) is 8.86. The fourth-order valence-electron chi connectivity index (χ4n) is 1.78. The molecule has 0 spiro atoms. The number of hydrogen-bond donors (Lipinski definition) is 2. The number of aliphatic carboxylic acids is 1. The van der Waals surface area contributed by atoms with Crippen molar-refractivity contribution in [3.63, 3.8) is 0 Å². The van der Waals surface area contributed by atoms with E-state index < -0.39 is 22.0 Å². The molecule has 0 aromatic heterocycles. The molecule has 0 aliphatic carbocycles. The highest BCUT2D eigenvalue weighted by atomic mass is 32.2. The molecule has 0 amide bonds. The molecule has 5 nitrogen and oxygen atoms in total. The van der Waals surface area contributed by atoms with E-state index in [1.165, 1.54) is 0 Å². The molecule has 1 aromatic rings. The maximum Gasteiger partial charge on any atom is 0.321 e. The number of benzene rings is 1. The van der Waals surface area contributed by atoms with Crippen LogP contribution in [0.2, 0.25) is 0 Å². The Kier molecular flexibility index (Phi) is 5.50. The van der Waals surface area contributed by atoms with Crippen LogP contribution in [0.5, 0.6) is 0 Å². The van der Waals surface area contributed by atoms with Crippen LogP contribution < -0.4 is 4.72 Å². The van der Waals surface area contributed by atoms with Crippen LogP contribution in [0.1, 0.15) is 31.7 Å². The summed E-state index contributed by atoms with van der Waals surface area (Å²) in [5.41, 5.74) is 0.913. The summed E-state index contributed by atoms with van der Waals surface area (Å²) in [5.74, 6) is -1.47. The van der Waals surface area contributed by atoms with Crippen LogP contribution in [-0.2, 0) is 14.8 Å². The Morgan fingerprint density at radius 3 is 2.37 bits per heavy atom. The van der Waals surface area contributed by atoms with Crippen LogP contribution >= 0.6 is 0 Å². The molecule has 6 heteroatoms. The van der Waals surface area contributed by atoms with E-state index in [2.05, 4.69) is 4.72 Å². The molecule has 1 rings (SSSR count). The average Bonchev–Trinajstić information content (AvgIpc) is 2.36. The van der Waals surface area contributed by atoms with Gasteiger partial charge in [-0.25, -0.2) is 13.1 Å². The number of carbonyl (C=O) groups is 1. The van der Waals surface area contributed by atoms with Crippen LogP contribution in [0.25, 0.3) is 0 Å². The molecule has 2 atom stereocenters. The zero-order valence-corrected chi connectivity index (χ0v) is 11.9. The van der Waals surface area contributed by atoms with Crippen molar-refractivity contribution in [3.05, 3.63) is 35.9 Å². The van der Waals surface area contributed by atoms with Crippen molar-refractivity contribution in [2.45, 2.75) is 32.2 Å². The monoisotopic (exact) mass is 285 g/mol. The molecule has 0 saturated carbocycles. The highest BCUT2D eigenvalue weighted by molar-refractivity contribution is 7.89. The highest BCUT2D eigenvalue weighted by Crippen LogP contribution is 2.16. The summed E-state index contributed by atoms with van der Waals surface area (Å²) in [6, 6.07) is 8.20. The number of carboxylic acids is 1. The minimum Gasteiger partial charge on any atom is -0.480 e. The van der Waals surface area contributed by atoms with E-state index in [0.717, 1.165) is 5.56 Å². The van der Waals surface area contributed by atoms with Gasteiger partial charge in [-0.05, 0) is 17.9 Å². The second kappa shape index (κ2) is 6.68. The Morgan fingerprint density at radius 1 is 1.32 bits per heavy atom. The number of nitrogens with one attached hydrogen (secondary N) is 1. The van der Waals surface area contributed by atoms with Crippen molar-refractivity contribution in [1.29, 1.82) is 0 Å². The predicted octanol–water partition coefficient (Wildman–Crippen LogP) is 1.57. The standard InChI is InChI=1S/C13H19NO4S/c1-3-12(13(15)16)14-19(17,18)9-10(2)11-7-5-4-6-8-11/h4-8,10,12,14H,3,9H2,1-2H3,(H,15,16)/t10?,12-/m0/s1. The second-order valence-corrected chi connectivity index (χ2v) is 6.31. The van der Waals surface area contributed by atoms with Gasteiger partial charge in [-0.1, -0.05) is 44.2 Å². The van der Waals surface area contributed by atoms with Gasteiger partial charge in [-0.15, -0.1) is 0 Å². The maximum atomic E-state index is 11.9. The van der Waals surface area contributed by atoms with Crippen LogP contribution in [-0.4, -0.2) is 31.3 Å². The van der Waals surface area contributed by atoms with E-state index in [1.54, 1.807) is 13.8 Å². The molecule has 1 aromatic carbocycles. The Balaban J connectivity index is 2.72. The lowest BCUT2D eigenvalue weighted by atomic mass is 10.0. The SMILES string of the molecule is CC[C@H](NS(=O)(=O)CC(C)c1ccccc1)C(=O)O. The van der Waals surface area contributed by atoms with Crippen molar-refractivity contribution in [3.8, 4) is 0 Å². The fraction of sp³-hybridized carbons (Fsp3) is 0.462. The lowest BCUT2D eigenvalue weighted by Gasteiger charge is -2.16. The van der Waals surface area contributed by atoms with Gasteiger partial charge >= 0.3 is 5.97 Å². The molecule has 0 aliphatic heterocycles. The summed E-state index contributed by atoms with van der Waals surface area (Å²) in [6.45, 7) is 3.43. The molecule has 0 heterocycles. The van der Waals surface area contributed by atoms with E-state index >= 15 is 0 Å². The Morgan fingerprint density at radius 2 is 1.89 bits per heavy atom. The normalized spacial score (nSPS) is 14.8. The average molecular weight is 285 g/mol. The number of hydrogen-bond acceptors (Lipinski definition) is 3. The maximum absolute atomic E-state index is 11.9. The third-order valence-corrected chi connectivity index (χ3v) is 4.45. The Hall–Kier alpha value is -1.40. The summed E-state index contributed by atoms with van der Waals surface area (Å²) in [4.78, 5) is 10.8. The van der Waals surface area contributed by atoms with E-state index in [-0.39, 0.29) is 18.1 Å². The summed E-state index contributed by atoms with van der Waals surface area (Å²) >= 11 is 0. The van der Waals surface area contributed by atoms with Crippen molar-refractivity contribution < 1.29 is 18.3 Å². The first-order valence-corrected chi connectivity index (χ1v) is 7.78. The molecular weight excluding hydrogens is 266 g/mol. The number of carboxylic acid groups (broad SMARTS) is 1. The van der Waals surface area contributed by atoms with Crippen molar-refractivity contribution >= 4 is 16.0 Å². The third kappa shape index (κ3) is 5.00. The van der Waals surface area contributed by atoms with E-state index in [1.807, 2.05) is 30.3 Å². The summed E-state index contributed by atoms with van der Waals surface area (Å²) in [7, 11) is -3.62. The van der Waals surface area contributed by atoms with E-state index in [0.29, 0.717) is 0 Å². The smallest absolute Gasteiger partial charge is 0.321 e. The molecule has 1 unspecified atom stereocenters. The quantitative estimate of drug-likeness (QED) is 0.796. The topological polar surface area (TPSA) is 83.5 Å². The van der Waals surface area contributed by atoms with Crippen LogP contribution in [0, 0.1) is 0 Å². The fourth-order valence-corrected chi connectivity index (χ4v) is 3.43. The molecule has 0 aliphatic rings. The molecule has 0 radical (unpaired) electrons. The Bertz CT molecular complexity index is 513. The third-order valence-electron chi connectivity index (χ3n) is 2.87. The molecule has 2 N–H and O–H groups in total.